The van der Waals surface area contributed by atoms with Crippen LogP contribution >= 0.6 is 0 Å². The Morgan fingerprint density at radius 2 is 1.69 bits per heavy atom. The zero-order valence-electron chi connectivity index (χ0n) is 16.5. The van der Waals surface area contributed by atoms with Crippen LogP contribution in [0.4, 0.5) is 13.2 Å². The number of nitrogens with zero attached hydrogens (tertiary/aromatic N) is 2. The third kappa shape index (κ3) is 5.06. The first kappa shape index (κ1) is 21.4. The van der Waals surface area contributed by atoms with Gasteiger partial charge in [-0.05, 0) is 42.5 Å². The summed E-state index contributed by atoms with van der Waals surface area (Å²) in [5.41, 5.74) is 1.53. The van der Waals surface area contributed by atoms with Crippen LogP contribution in [-0.2, 0) is 6.61 Å². The summed E-state index contributed by atoms with van der Waals surface area (Å²) in [4.78, 5) is 4.02. The molecule has 1 N–H and O–H groups in total. The van der Waals surface area contributed by atoms with Crippen LogP contribution in [0.1, 0.15) is 23.0 Å². The largest absolute Gasteiger partial charge is 0.573 e. The second kappa shape index (κ2) is 9.11. The molecule has 32 heavy (non-hydrogen) atoms. The maximum absolute atomic E-state index is 12.4. The highest BCUT2D eigenvalue weighted by Gasteiger charge is 2.31. The van der Waals surface area contributed by atoms with Gasteiger partial charge in [0.2, 0.25) is 0 Å². The minimum atomic E-state index is -4.79. The minimum Gasteiger partial charge on any atom is -0.486 e. The molecule has 164 valence electrons. The van der Waals surface area contributed by atoms with Crippen molar-refractivity contribution in [3.05, 3.63) is 96.0 Å². The van der Waals surface area contributed by atoms with E-state index in [1.807, 2.05) is 18.2 Å². The van der Waals surface area contributed by atoms with Crippen LogP contribution in [0.5, 0.6) is 11.5 Å². The smallest absolute Gasteiger partial charge is 0.486 e. The summed E-state index contributed by atoms with van der Waals surface area (Å²) in [5.74, 6) is 0.503. The average Bonchev–Trinajstić information content (AvgIpc) is 3.22. The Labute approximate surface area is 180 Å². The van der Waals surface area contributed by atoms with Crippen LogP contribution in [0.25, 0.3) is 11.3 Å². The number of aliphatic hydroxyl groups is 1. The molecule has 1 unspecified atom stereocenters. The third-order valence-corrected chi connectivity index (χ3v) is 4.55. The third-order valence-electron chi connectivity index (χ3n) is 4.55. The van der Waals surface area contributed by atoms with Gasteiger partial charge in [-0.15, -0.1) is 13.2 Å². The molecule has 0 saturated carbocycles. The second-order valence-electron chi connectivity index (χ2n) is 6.73. The van der Waals surface area contributed by atoms with E-state index in [1.165, 1.54) is 18.3 Å². The topological polar surface area (TPSA) is 77.6 Å². The van der Waals surface area contributed by atoms with E-state index in [9.17, 15) is 18.3 Å². The quantitative estimate of drug-likeness (QED) is 0.419. The van der Waals surface area contributed by atoms with Crippen molar-refractivity contribution < 1.29 is 32.3 Å². The van der Waals surface area contributed by atoms with Gasteiger partial charge in [0, 0.05) is 23.5 Å². The summed E-state index contributed by atoms with van der Waals surface area (Å²) in [7, 11) is 0. The standard InChI is InChI=1S/C23H17F3N2O4/c24-23(25,26)31-18-10-8-15(9-11-18)21-20(22(29)16-5-4-12-27-13-16)19(32-28-21)14-30-17-6-2-1-3-7-17/h1-13,22,29H,14H2. The van der Waals surface area contributed by atoms with E-state index in [4.69, 9.17) is 9.26 Å². The highest BCUT2D eigenvalue weighted by molar-refractivity contribution is 5.65. The van der Waals surface area contributed by atoms with Crippen LogP contribution < -0.4 is 9.47 Å². The Morgan fingerprint density at radius 3 is 2.34 bits per heavy atom. The molecule has 0 amide bonds. The van der Waals surface area contributed by atoms with Crippen molar-refractivity contribution in [1.29, 1.82) is 0 Å². The molecule has 0 fully saturated rings. The Kier molecular flexibility index (Phi) is 6.09. The summed E-state index contributed by atoms with van der Waals surface area (Å²) in [6, 6.07) is 17.5. The average molecular weight is 442 g/mol. The number of pyridine rings is 1. The molecule has 4 rings (SSSR count). The molecule has 0 radical (unpaired) electrons. The van der Waals surface area contributed by atoms with E-state index in [2.05, 4.69) is 14.9 Å². The monoisotopic (exact) mass is 442 g/mol. The Morgan fingerprint density at radius 1 is 0.938 bits per heavy atom. The molecule has 0 aliphatic carbocycles. The van der Waals surface area contributed by atoms with E-state index >= 15 is 0 Å². The Balaban J connectivity index is 1.68. The second-order valence-corrected chi connectivity index (χ2v) is 6.73. The van der Waals surface area contributed by atoms with E-state index in [1.54, 1.807) is 30.5 Å². The zero-order valence-corrected chi connectivity index (χ0v) is 16.5. The molecule has 9 heteroatoms. The summed E-state index contributed by atoms with van der Waals surface area (Å²) in [5, 5.41) is 15.1. The summed E-state index contributed by atoms with van der Waals surface area (Å²) in [6.07, 6.45) is -2.86. The number of ether oxygens (including phenoxy) is 2. The van der Waals surface area contributed by atoms with Gasteiger partial charge in [0.15, 0.2) is 5.76 Å². The zero-order chi connectivity index (χ0) is 22.6. The van der Waals surface area contributed by atoms with E-state index in [0.717, 1.165) is 12.1 Å². The molecule has 6 nitrogen and oxygen atoms in total. The molecule has 0 aliphatic rings. The fourth-order valence-corrected chi connectivity index (χ4v) is 3.11. The van der Waals surface area contributed by atoms with E-state index in [-0.39, 0.29) is 23.8 Å². The van der Waals surface area contributed by atoms with Crippen LogP contribution in [0.3, 0.4) is 0 Å². The number of para-hydroxylation sites is 1. The maximum Gasteiger partial charge on any atom is 0.573 e. The first-order valence-corrected chi connectivity index (χ1v) is 9.51. The van der Waals surface area contributed by atoms with Crippen LogP contribution in [0.15, 0.2) is 83.6 Å². The molecule has 1 atom stereocenters. The van der Waals surface area contributed by atoms with Crippen molar-refractivity contribution in [2.45, 2.75) is 19.1 Å². The molecule has 0 aliphatic heterocycles. The lowest BCUT2D eigenvalue weighted by Crippen LogP contribution is -2.16. The lowest BCUT2D eigenvalue weighted by atomic mass is 9.97. The summed E-state index contributed by atoms with van der Waals surface area (Å²) < 4.78 is 52.5. The van der Waals surface area contributed by atoms with Gasteiger partial charge < -0.3 is 19.1 Å². The molecule has 0 spiro atoms. The first-order valence-electron chi connectivity index (χ1n) is 9.51. The van der Waals surface area contributed by atoms with Crippen LogP contribution in [0.2, 0.25) is 0 Å². The maximum atomic E-state index is 12.4. The number of aromatic nitrogens is 2. The fraction of sp³-hybridized carbons (Fsp3) is 0.130. The number of aliphatic hydroxyl groups excluding tert-OH is 1. The molecular formula is C23H17F3N2O4. The molecule has 2 aromatic carbocycles. The van der Waals surface area contributed by atoms with E-state index in [0.29, 0.717) is 22.4 Å². The molecule has 2 aromatic heterocycles. The molecule has 0 saturated heterocycles. The number of rotatable bonds is 7. The highest BCUT2D eigenvalue weighted by atomic mass is 19.4. The van der Waals surface area contributed by atoms with Crippen molar-refractivity contribution >= 4 is 0 Å². The lowest BCUT2D eigenvalue weighted by Gasteiger charge is -2.13. The molecule has 2 heterocycles. The van der Waals surface area contributed by atoms with Gasteiger partial charge in [-0.2, -0.15) is 0 Å². The first-order chi connectivity index (χ1) is 15.4. The summed E-state index contributed by atoms with van der Waals surface area (Å²) in [6.45, 7) is -0.0149. The predicted octanol–water partition coefficient (Wildman–Crippen LogP) is 5.30. The minimum absolute atomic E-state index is 0.0149. The van der Waals surface area contributed by atoms with Gasteiger partial charge in [-0.25, -0.2) is 0 Å². The van der Waals surface area contributed by atoms with Gasteiger partial charge in [0.05, 0.1) is 5.56 Å². The number of benzene rings is 2. The molecule has 0 bridgehead atoms. The van der Waals surface area contributed by atoms with Crippen molar-refractivity contribution in [2.75, 3.05) is 0 Å². The molecule has 4 aromatic rings. The fourth-order valence-electron chi connectivity index (χ4n) is 3.11. The SMILES string of the molecule is OC(c1cccnc1)c1c(-c2ccc(OC(F)(F)F)cc2)noc1COc1ccccc1. The Hall–Kier alpha value is -3.85. The predicted molar refractivity (Wildman–Crippen MR) is 108 cm³/mol. The highest BCUT2D eigenvalue weighted by Crippen LogP contribution is 2.35. The van der Waals surface area contributed by atoms with Crippen LogP contribution in [-0.4, -0.2) is 21.6 Å². The number of alkyl halides is 3. The van der Waals surface area contributed by atoms with Gasteiger partial charge in [0.25, 0.3) is 0 Å². The van der Waals surface area contributed by atoms with Crippen molar-refractivity contribution in [2.24, 2.45) is 0 Å². The summed E-state index contributed by atoms with van der Waals surface area (Å²) >= 11 is 0. The van der Waals surface area contributed by atoms with Crippen LogP contribution in [0, 0.1) is 0 Å². The number of hydrogen-bond donors (Lipinski definition) is 1. The van der Waals surface area contributed by atoms with Gasteiger partial charge >= 0.3 is 6.36 Å². The van der Waals surface area contributed by atoms with Gasteiger partial charge in [0.1, 0.15) is 29.9 Å². The van der Waals surface area contributed by atoms with Crippen molar-refractivity contribution in [3.63, 3.8) is 0 Å². The number of halogens is 3. The Bertz CT molecular complexity index is 1150. The van der Waals surface area contributed by atoms with Gasteiger partial charge in [-0.1, -0.05) is 29.4 Å². The lowest BCUT2D eigenvalue weighted by molar-refractivity contribution is -0.274. The number of hydrogen-bond acceptors (Lipinski definition) is 6. The normalized spacial score (nSPS) is 12.4. The van der Waals surface area contributed by atoms with Crippen molar-refractivity contribution in [3.8, 4) is 22.8 Å². The van der Waals surface area contributed by atoms with Gasteiger partial charge in [-0.3, -0.25) is 4.98 Å². The molecular weight excluding hydrogens is 425 g/mol. The van der Waals surface area contributed by atoms with Crippen molar-refractivity contribution in [1.82, 2.24) is 10.1 Å². The van der Waals surface area contributed by atoms with E-state index < -0.39 is 12.5 Å².